The highest BCUT2D eigenvalue weighted by atomic mass is 16.5. The Morgan fingerprint density at radius 2 is 1.97 bits per heavy atom. The van der Waals surface area contributed by atoms with Crippen molar-refractivity contribution >= 4 is 22.9 Å². The Balaban J connectivity index is 1.84. The fourth-order valence-electron chi connectivity index (χ4n) is 3.24. The number of ether oxygens (including phenoxy) is 2. The van der Waals surface area contributed by atoms with Gasteiger partial charge in [-0.3, -0.25) is 4.79 Å². The summed E-state index contributed by atoms with van der Waals surface area (Å²) in [7, 11) is 0. The summed E-state index contributed by atoms with van der Waals surface area (Å²) >= 11 is 0. The molecular weight excluding hydrogens is 404 g/mol. The number of benzene rings is 3. The zero-order valence-corrected chi connectivity index (χ0v) is 17.8. The Labute approximate surface area is 187 Å². The van der Waals surface area contributed by atoms with Gasteiger partial charge >= 0.3 is 0 Å². The molecule has 0 aromatic heterocycles. The summed E-state index contributed by atoms with van der Waals surface area (Å²) in [6, 6.07) is 14.3. The number of rotatable bonds is 9. The van der Waals surface area contributed by atoms with Crippen molar-refractivity contribution in [2.45, 2.75) is 13.3 Å². The lowest BCUT2D eigenvalue weighted by Crippen LogP contribution is -2.17. The zero-order valence-electron chi connectivity index (χ0n) is 17.8. The summed E-state index contributed by atoms with van der Waals surface area (Å²) in [6.45, 7) is 6.21. The number of carbonyl (C=O) groups excluding carboxylic acids is 1. The van der Waals surface area contributed by atoms with E-state index in [1.165, 1.54) is 6.21 Å². The van der Waals surface area contributed by atoms with Crippen molar-refractivity contribution in [3.05, 3.63) is 77.9 Å². The topological polar surface area (TPSA) is 80.2 Å². The number of hydrazone groups is 1. The third-order valence-corrected chi connectivity index (χ3v) is 4.61. The first-order valence-electron chi connectivity index (χ1n) is 10.1. The summed E-state index contributed by atoms with van der Waals surface area (Å²) in [5.41, 5.74) is 4.13. The lowest BCUT2D eigenvalue weighted by molar-refractivity contribution is 0.0952. The van der Waals surface area contributed by atoms with Crippen molar-refractivity contribution in [2.75, 3.05) is 13.2 Å². The second kappa shape index (κ2) is 10.7. The first kappa shape index (κ1) is 22.4. The van der Waals surface area contributed by atoms with Gasteiger partial charge in [0.15, 0.2) is 11.5 Å². The van der Waals surface area contributed by atoms with Crippen molar-refractivity contribution in [2.24, 2.45) is 5.10 Å². The molecule has 6 nitrogen and oxygen atoms in total. The highest BCUT2D eigenvalue weighted by Gasteiger charge is 2.14. The number of terminal acetylenes is 1. The van der Waals surface area contributed by atoms with Crippen molar-refractivity contribution in [3.8, 4) is 29.6 Å². The summed E-state index contributed by atoms with van der Waals surface area (Å²) in [4.78, 5) is 12.5. The van der Waals surface area contributed by atoms with Gasteiger partial charge in [0.25, 0.3) is 5.91 Å². The standard InChI is InChI=1S/C26H24N2O4/c1-4-9-21-13-18(14-24(31-6-3)25(21)32-12-5-2)17-27-28-26(30)22-15-19-10-7-8-11-20(19)16-23(22)29/h2,4,7-8,10-11,13-17,29H,1,6,9,12H2,3H3,(H,28,30). The third kappa shape index (κ3) is 5.27. The smallest absolute Gasteiger partial charge is 0.275 e. The Kier molecular flexibility index (Phi) is 7.50. The van der Waals surface area contributed by atoms with Crippen LogP contribution in [0.25, 0.3) is 10.8 Å². The first-order valence-corrected chi connectivity index (χ1v) is 10.1. The van der Waals surface area contributed by atoms with E-state index in [4.69, 9.17) is 15.9 Å². The maximum atomic E-state index is 12.5. The van der Waals surface area contributed by atoms with Crippen LogP contribution in [0.1, 0.15) is 28.4 Å². The maximum absolute atomic E-state index is 12.5. The van der Waals surface area contributed by atoms with Gasteiger partial charge in [-0.1, -0.05) is 36.3 Å². The summed E-state index contributed by atoms with van der Waals surface area (Å²) in [5, 5.41) is 16.0. The number of amides is 1. The monoisotopic (exact) mass is 428 g/mol. The van der Waals surface area contributed by atoms with Crippen LogP contribution in [0.4, 0.5) is 0 Å². The molecule has 0 bridgehead atoms. The van der Waals surface area contributed by atoms with Crippen LogP contribution in [-0.2, 0) is 6.42 Å². The van der Waals surface area contributed by atoms with Crippen LogP contribution in [0.5, 0.6) is 17.2 Å². The lowest BCUT2D eigenvalue weighted by atomic mass is 10.1. The Hall–Kier alpha value is -4.24. The SMILES string of the molecule is C#CCOc1c(CC=C)cc(C=NNC(=O)c2cc3ccccc3cc2O)cc1OCC. The fraction of sp³-hybridized carbons (Fsp3) is 0.154. The molecule has 0 aliphatic heterocycles. The van der Waals surface area contributed by atoms with E-state index in [1.54, 1.807) is 24.3 Å². The molecule has 0 unspecified atom stereocenters. The molecule has 32 heavy (non-hydrogen) atoms. The molecule has 3 rings (SSSR count). The molecule has 0 radical (unpaired) electrons. The number of nitrogens with one attached hydrogen (secondary N) is 1. The van der Waals surface area contributed by atoms with Crippen molar-refractivity contribution < 1.29 is 19.4 Å². The van der Waals surface area contributed by atoms with Crippen LogP contribution in [0.2, 0.25) is 0 Å². The molecule has 0 fully saturated rings. The number of phenolic OH excluding ortho intramolecular Hbond substituents is 1. The van der Waals surface area contributed by atoms with E-state index < -0.39 is 5.91 Å². The van der Waals surface area contributed by atoms with Crippen LogP contribution < -0.4 is 14.9 Å². The van der Waals surface area contributed by atoms with Gasteiger partial charge in [0.2, 0.25) is 0 Å². The van der Waals surface area contributed by atoms with E-state index in [1.807, 2.05) is 37.3 Å². The van der Waals surface area contributed by atoms with Crippen molar-refractivity contribution in [3.63, 3.8) is 0 Å². The summed E-state index contributed by atoms with van der Waals surface area (Å²) in [5.74, 6) is 2.91. The minimum atomic E-state index is -0.519. The van der Waals surface area contributed by atoms with Crippen LogP contribution in [0.3, 0.4) is 0 Å². The van der Waals surface area contributed by atoms with E-state index in [-0.39, 0.29) is 17.9 Å². The molecule has 162 valence electrons. The second-order valence-corrected chi connectivity index (χ2v) is 6.84. The molecule has 3 aromatic rings. The number of fused-ring (bicyclic) bond motifs is 1. The maximum Gasteiger partial charge on any atom is 0.275 e. The van der Waals surface area contributed by atoms with Gasteiger partial charge in [0.05, 0.1) is 18.4 Å². The molecular formula is C26H24N2O4. The van der Waals surface area contributed by atoms with E-state index in [0.717, 1.165) is 16.3 Å². The van der Waals surface area contributed by atoms with Gasteiger partial charge in [0.1, 0.15) is 12.4 Å². The van der Waals surface area contributed by atoms with E-state index >= 15 is 0 Å². The molecule has 2 N–H and O–H groups in total. The average molecular weight is 428 g/mol. The van der Waals surface area contributed by atoms with E-state index in [0.29, 0.717) is 30.1 Å². The summed E-state index contributed by atoms with van der Waals surface area (Å²) < 4.78 is 11.4. The molecule has 0 aliphatic rings. The third-order valence-electron chi connectivity index (χ3n) is 4.61. The Morgan fingerprint density at radius 3 is 2.66 bits per heavy atom. The average Bonchev–Trinajstić information content (AvgIpc) is 2.78. The number of hydrogen-bond donors (Lipinski definition) is 2. The summed E-state index contributed by atoms with van der Waals surface area (Å²) in [6.07, 6.45) is 9.11. The largest absolute Gasteiger partial charge is 0.507 e. The van der Waals surface area contributed by atoms with Gasteiger partial charge in [-0.2, -0.15) is 5.10 Å². The van der Waals surface area contributed by atoms with Crippen LogP contribution in [0.15, 0.2) is 66.3 Å². The minimum Gasteiger partial charge on any atom is -0.507 e. The molecule has 0 saturated carbocycles. The highest BCUT2D eigenvalue weighted by Crippen LogP contribution is 2.33. The predicted molar refractivity (Wildman–Crippen MR) is 127 cm³/mol. The van der Waals surface area contributed by atoms with Gasteiger partial charge in [-0.15, -0.1) is 13.0 Å². The van der Waals surface area contributed by atoms with Crippen LogP contribution in [-0.4, -0.2) is 30.4 Å². The fourth-order valence-corrected chi connectivity index (χ4v) is 3.24. The number of nitrogens with zero attached hydrogens (tertiary/aromatic N) is 1. The zero-order chi connectivity index (χ0) is 22.9. The number of allylic oxidation sites excluding steroid dienone is 1. The second-order valence-electron chi connectivity index (χ2n) is 6.84. The number of phenols is 1. The molecule has 0 spiro atoms. The number of carbonyl (C=O) groups is 1. The molecule has 0 aliphatic carbocycles. The normalized spacial score (nSPS) is 10.6. The van der Waals surface area contributed by atoms with Gasteiger partial charge in [-0.25, -0.2) is 5.43 Å². The quantitative estimate of drug-likeness (QED) is 0.228. The molecule has 0 heterocycles. The Morgan fingerprint density at radius 1 is 1.22 bits per heavy atom. The van der Waals surface area contributed by atoms with Crippen molar-refractivity contribution in [1.82, 2.24) is 5.43 Å². The highest BCUT2D eigenvalue weighted by molar-refractivity contribution is 6.01. The van der Waals surface area contributed by atoms with Gasteiger partial charge < -0.3 is 14.6 Å². The molecule has 1 amide bonds. The minimum absolute atomic E-state index is 0.113. The van der Waals surface area contributed by atoms with E-state index in [2.05, 4.69) is 23.0 Å². The molecule has 0 saturated heterocycles. The van der Waals surface area contributed by atoms with Crippen LogP contribution >= 0.6 is 0 Å². The van der Waals surface area contributed by atoms with Gasteiger partial charge in [0, 0.05) is 5.56 Å². The molecule has 6 heteroatoms. The Bertz CT molecular complexity index is 1210. The lowest BCUT2D eigenvalue weighted by Gasteiger charge is -2.15. The number of aromatic hydroxyl groups is 1. The van der Waals surface area contributed by atoms with Crippen molar-refractivity contribution in [1.29, 1.82) is 0 Å². The molecule has 3 aromatic carbocycles. The van der Waals surface area contributed by atoms with E-state index in [9.17, 15) is 9.90 Å². The van der Waals surface area contributed by atoms with Crippen LogP contribution in [0, 0.1) is 12.3 Å². The molecule has 0 atom stereocenters. The first-order chi connectivity index (χ1) is 15.6. The predicted octanol–water partition coefficient (Wildman–Crippen LogP) is 4.45. The number of hydrogen-bond acceptors (Lipinski definition) is 5. The van der Waals surface area contributed by atoms with Gasteiger partial charge in [-0.05, 0) is 53.9 Å².